The van der Waals surface area contributed by atoms with Gasteiger partial charge in [0.1, 0.15) is 11.5 Å². The van der Waals surface area contributed by atoms with Crippen LogP contribution < -0.4 is 14.8 Å². The first kappa shape index (κ1) is 17.9. The fourth-order valence-corrected chi connectivity index (χ4v) is 2.61. The van der Waals surface area contributed by atoms with Gasteiger partial charge in [0.25, 0.3) is 5.91 Å². The molecule has 0 aliphatic carbocycles. The van der Waals surface area contributed by atoms with E-state index in [-0.39, 0.29) is 11.9 Å². The van der Waals surface area contributed by atoms with Gasteiger partial charge in [-0.3, -0.25) is 4.79 Å². The third-order valence-corrected chi connectivity index (χ3v) is 3.97. The summed E-state index contributed by atoms with van der Waals surface area (Å²) in [5.41, 5.74) is 3.13. The minimum atomic E-state index is -0.580. The van der Waals surface area contributed by atoms with E-state index in [1.165, 1.54) is 5.56 Å². The summed E-state index contributed by atoms with van der Waals surface area (Å²) >= 11 is 0. The van der Waals surface area contributed by atoms with E-state index in [1.807, 2.05) is 63.2 Å². The van der Waals surface area contributed by atoms with Gasteiger partial charge < -0.3 is 14.8 Å². The van der Waals surface area contributed by atoms with E-state index in [0.717, 1.165) is 22.6 Å². The number of para-hydroxylation sites is 1. The molecule has 0 aliphatic heterocycles. The van der Waals surface area contributed by atoms with Gasteiger partial charge in [-0.05, 0) is 45.4 Å². The van der Waals surface area contributed by atoms with Gasteiger partial charge in [0.2, 0.25) is 0 Å². The molecule has 2 aromatic carbocycles. The Balaban J connectivity index is 2.03. The Morgan fingerprint density at radius 1 is 1.04 bits per heavy atom. The Labute approximate surface area is 143 Å². The Morgan fingerprint density at radius 2 is 1.75 bits per heavy atom. The molecule has 24 heavy (non-hydrogen) atoms. The zero-order valence-electron chi connectivity index (χ0n) is 14.9. The topological polar surface area (TPSA) is 47.6 Å². The first-order chi connectivity index (χ1) is 11.4. The molecule has 1 N–H and O–H groups in total. The number of ether oxygens (including phenoxy) is 2. The molecule has 128 valence electrons. The molecule has 0 saturated carbocycles. The van der Waals surface area contributed by atoms with Gasteiger partial charge in [-0.1, -0.05) is 35.9 Å². The number of hydrogen-bond acceptors (Lipinski definition) is 3. The molecule has 2 atom stereocenters. The van der Waals surface area contributed by atoms with Crippen LogP contribution in [0.25, 0.3) is 0 Å². The molecule has 0 unspecified atom stereocenters. The minimum absolute atomic E-state index is 0.159. The van der Waals surface area contributed by atoms with E-state index in [9.17, 15) is 4.79 Å². The van der Waals surface area contributed by atoms with E-state index in [2.05, 4.69) is 5.32 Å². The van der Waals surface area contributed by atoms with Crippen molar-refractivity contribution in [3.8, 4) is 11.5 Å². The van der Waals surface area contributed by atoms with Crippen LogP contribution in [0, 0.1) is 13.8 Å². The lowest BCUT2D eigenvalue weighted by atomic mass is 10.1. The lowest BCUT2D eigenvalue weighted by molar-refractivity contribution is -0.127. The van der Waals surface area contributed by atoms with E-state index in [0.29, 0.717) is 0 Å². The molecule has 4 nitrogen and oxygen atoms in total. The minimum Gasteiger partial charge on any atom is -0.496 e. The van der Waals surface area contributed by atoms with Crippen LogP contribution in [-0.2, 0) is 4.79 Å². The van der Waals surface area contributed by atoms with Crippen LogP contribution >= 0.6 is 0 Å². The van der Waals surface area contributed by atoms with E-state index >= 15 is 0 Å². The van der Waals surface area contributed by atoms with Crippen molar-refractivity contribution < 1.29 is 14.3 Å². The third kappa shape index (κ3) is 4.28. The van der Waals surface area contributed by atoms with Gasteiger partial charge >= 0.3 is 0 Å². The van der Waals surface area contributed by atoms with Crippen molar-refractivity contribution in [3.63, 3.8) is 0 Å². The Hall–Kier alpha value is -2.49. The molecule has 0 heterocycles. The Bertz CT molecular complexity index is 712. The van der Waals surface area contributed by atoms with Crippen molar-refractivity contribution in [2.24, 2.45) is 0 Å². The predicted molar refractivity (Wildman–Crippen MR) is 95.6 cm³/mol. The molecule has 0 spiro atoms. The monoisotopic (exact) mass is 327 g/mol. The number of carbonyl (C=O) groups excluding carboxylic acids is 1. The zero-order valence-corrected chi connectivity index (χ0v) is 14.9. The molecule has 2 rings (SSSR count). The first-order valence-electron chi connectivity index (χ1n) is 8.09. The number of rotatable bonds is 6. The fourth-order valence-electron chi connectivity index (χ4n) is 2.61. The molecule has 1 amide bonds. The summed E-state index contributed by atoms with van der Waals surface area (Å²) in [5.74, 6) is 1.33. The van der Waals surface area contributed by atoms with Crippen molar-refractivity contribution in [2.45, 2.75) is 39.8 Å². The first-order valence-corrected chi connectivity index (χ1v) is 8.09. The summed E-state index contributed by atoms with van der Waals surface area (Å²) in [4.78, 5) is 12.4. The van der Waals surface area contributed by atoms with Gasteiger partial charge in [-0.2, -0.15) is 0 Å². The van der Waals surface area contributed by atoms with E-state index in [4.69, 9.17) is 9.47 Å². The number of aryl methyl sites for hydroxylation is 2. The average Bonchev–Trinajstić information content (AvgIpc) is 2.57. The van der Waals surface area contributed by atoms with Crippen LogP contribution in [0.3, 0.4) is 0 Å². The summed E-state index contributed by atoms with van der Waals surface area (Å²) < 4.78 is 11.2. The second kappa shape index (κ2) is 7.86. The van der Waals surface area contributed by atoms with Gasteiger partial charge in [0.05, 0.1) is 13.2 Å². The Morgan fingerprint density at radius 3 is 2.42 bits per heavy atom. The predicted octanol–water partition coefficient (Wildman–Crippen LogP) is 3.96. The quantitative estimate of drug-likeness (QED) is 0.874. The number of carbonyl (C=O) groups is 1. The van der Waals surface area contributed by atoms with Crippen LogP contribution in [0.1, 0.15) is 36.6 Å². The highest BCUT2D eigenvalue weighted by atomic mass is 16.5. The summed E-state index contributed by atoms with van der Waals surface area (Å²) in [5, 5.41) is 2.98. The second-order valence-corrected chi connectivity index (χ2v) is 6.00. The van der Waals surface area contributed by atoms with Crippen molar-refractivity contribution in [2.75, 3.05) is 7.11 Å². The number of nitrogens with one attached hydrogen (secondary N) is 1. The van der Waals surface area contributed by atoms with Crippen LogP contribution in [0.15, 0.2) is 42.5 Å². The van der Waals surface area contributed by atoms with E-state index < -0.39 is 6.10 Å². The number of hydrogen-bond donors (Lipinski definition) is 1. The van der Waals surface area contributed by atoms with Crippen molar-refractivity contribution in [1.82, 2.24) is 5.32 Å². The molecule has 0 aliphatic rings. The average molecular weight is 327 g/mol. The Kier molecular flexibility index (Phi) is 5.85. The SMILES string of the molecule is COc1ccccc1[C@@H](C)NC(=O)[C@H](C)Oc1ccc(C)cc1C. The molecule has 4 heteroatoms. The van der Waals surface area contributed by atoms with Crippen molar-refractivity contribution in [3.05, 3.63) is 59.2 Å². The third-order valence-electron chi connectivity index (χ3n) is 3.97. The molecule has 0 aromatic heterocycles. The lowest BCUT2D eigenvalue weighted by Crippen LogP contribution is -2.38. The maximum absolute atomic E-state index is 12.4. The van der Waals surface area contributed by atoms with Crippen LogP contribution in [0.2, 0.25) is 0 Å². The van der Waals surface area contributed by atoms with Gasteiger partial charge in [0.15, 0.2) is 6.10 Å². The summed E-state index contributed by atoms with van der Waals surface area (Å²) in [6.07, 6.45) is -0.580. The number of amides is 1. The summed E-state index contributed by atoms with van der Waals surface area (Å²) in [6, 6.07) is 13.4. The molecule has 0 saturated heterocycles. The number of benzene rings is 2. The van der Waals surface area contributed by atoms with Crippen LogP contribution in [0.5, 0.6) is 11.5 Å². The highest BCUT2D eigenvalue weighted by molar-refractivity contribution is 5.81. The number of methoxy groups -OCH3 is 1. The summed E-state index contributed by atoms with van der Waals surface area (Å²) in [6.45, 7) is 7.69. The molecule has 2 aromatic rings. The van der Waals surface area contributed by atoms with Crippen LogP contribution in [0.4, 0.5) is 0 Å². The van der Waals surface area contributed by atoms with Crippen molar-refractivity contribution >= 4 is 5.91 Å². The van der Waals surface area contributed by atoms with Crippen LogP contribution in [-0.4, -0.2) is 19.1 Å². The zero-order chi connectivity index (χ0) is 17.7. The maximum Gasteiger partial charge on any atom is 0.261 e. The fraction of sp³-hybridized carbons (Fsp3) is 0.350. The molecular weight excluding hydrogens is 302 g/mol. The second-order valence-electron chi connectivity index (χ2n) is 6.00. The molecule has 0 radical (unpaired) electrons. The van der Waals surface area contributed by atoms with E-state index in [1.54, 1.807) is 14.0 Å². The van der Waals surface area contributed by atoms with Gasteiger partial charge in [0, 0.05) is 5.56 Å². The van der Waals surface area contributed by atoms with Gasteiger partial charge in [-0.15, -0.1) is 0 Å². The molecule has 0 fully saturated rings. The highest BCUT2D eigenvalue weighted by Gasteiger charge is 2.20. The standard InChI is InChI=1S/C20H25NO3/c1-13-10-11-18(14(2)12-13)24-16(4)20(22)21-15(3)17-8-6-7-9-19(17)23-5/h6-12,15-16H,1-5H3,(H,21,22)/t15-,16+/m1/s1. The largest absolute Gasteiger partial charge is 0.496 e. The maximum atomic E-state index is 12.4. The van der Waals surface area contributed by atoms with Gasteiger partial charge in [-0.25, -0.2) is 0 Å². The smallest absolute Gasteiger partial charge is 0.261 e. The highest BCUT2D eigenvalue weighted by Crippen LogP contribution is 2.25. The summed E-state index contributed by atoms with van der Waals surface area (Å²) in [7, 11) is 1.62. The normalized spacial score (nSPS) is 13.0. The lowest BCUT2D eigenvalue weighted by Gasteiger charge is -2.21. The molecular formula is C20H25NO3. The molecule has 0 bridgehead atoms. The van der Waals surface area contributed by atoms with Crippen molar-refractivity contribution in [1.29, 1.82) is 0 Å².